The van der Waals surface area contributed by atoms with Crippen LogP contribution in [0.2, 0.25) is 0 Å². The van der Waals surface area contributed by atoms with Crippen LogP contribution < -0.4 is 0 Å². The smallest absolute Gasteiger partial charge is 0.126 e. The molecule has 2 nitrogen and oxygen atoms in total. The Morgan fingerprint density at radius 3 is 2.73 bits per heavy atom. The molecule has 1 rings (SSSR count). The van der Waals surface area contributed by atoms with E-state index in [2.05, 4.69) is 4.98 Å². The molecule has 1 atom stereocenters. The van der Waals surface area contributed by atoms with Crippen molar-refractivity contribution in [1.82, 2.24) is 4.98 Å². The van der Waals surface area contributed by atoms with E-state index < -0.39 is 10.8 Å². The Kier molecular flexibility index (Phi) is 2.82. The van der Waals surface area contributed by atoms with Crippen LogP contribution in [0.3, 0.4) is 0 Å². The molecule has 0 aliphatic heterocycles. The largest absolute Gasteiger partial charge is 0.253 e. The van der Waals surface area contributed by atoms with E-state index in [1.54, 1.807) is 18.5 Å². The van der Waals surface area contributed by atoms with E-state index in [-0.39, 0.29) is 0 Å². The van der Waals surface area contributed by atoms with Crippen molar-refractivity contribution < 1.29 is 4.21 Å². The van der Waals surface area contributed by atoms with E-state index in [0.717, 1.165) is 5.56 Å². The van der Waals surface area contributed by atoms with Crippen LogP contribution in [0.4, 0.5) is 0 Å². The minimum atomic E-state index is -0.991. The van der Waals surface area contributed by atoms with E-state index >= 15 is 0 Å². The molecule has 1 aromatic heterocycles. The van der Waals surface area contributed by atoms with E-state index in [4.69, 9.17) is 7.85 Å². The van der Waals surface area contributed by atoms with Gasteiger partial charge in [-0.25, -0.2) is 4.98 Å². The number of aromatic nitrogens is 1. The highest BCUT2D eigenvalue weighted by atomic mass is 32.2. The van der Waals surface area contributed by atoms with Gasteiger partial charge in [-0.2, -0.15) is 0 Å². The van der Waals surface area contributed by atoms with Gasteiger partial charge in [0.25, 0.3) is 0 Å². The first-order valence-electron chi connectivity index (χ1n) is 3.22. The first-order valence-corrected chi connectivity index (χ1v) is 4.78. The van der Waals surface area contributed by atoms with Gasteiger partial charge in [-0.1, -0.05) is 12.4 Å². The van der Waals surface area contributed by atoms with Crippen LogP contribution in [-0.2, 0) is 17.1 Å². The number of hydrogen-bond donors (Lipinski definition) is 0. The molecular weight excluding hydrogens is 157 g/mol. The van der Waals surface area contributed by atoms with Gasteiger partial charge in [-0.3, -0.25) is 4.21 Å². The summed E-state index contributed by atoms with van der Waals surface area (Å²) < 4.78 is 10.9. The molecule has 0 aromatic carbocycles. The van der Waals surface area contributed by atoms with E-state index in [0.29, 0.717) is 11.3 Å². The normalized spacial score (nSPS) is 12.8. The van der Waals surface area contributed by atoms with E-state index in [1.165, 1.54) is 0 Å². The van der Waals surface area contributed by atoms with Gasteiger partial charge in [0, 0.05) is 12.5 Å². The third-order valence-electron chi connectivity index (χ3n) is 1.33. The summed E-state index contributed by atoms with van der Waals surface area (Å²) in [4.78, 5) is 3.97. The number of pyridine rings is 1. The maximum Gasteiger partial charge on any atom is 0.126 e. The quantitative estimate of drug-likeness (QED) is 0.597. The van der Waals surface area contributed by atoms with Crippen molar-refractivity contribution in [2.75, 3.05) is 6.26 Å². The highest BCUT2D eigenvalue weighted by Crippen LogP contribution is 2.02. The lowest BCUT2D eigenvalue weighted by Crippen LogP contribution is -1.93. The van der Waals surface area contributed by atoms with Crippen molar-refractivity contribution in [3.05, 3.63) is 23.9 Å². The average molecular weight is 165 g/mol. The fourth-order valence-corrected chi connectivity index (χ4v) is 1.16. The van der Waals surface area contributed by atoms with Crippen LogP contribution in [0.5, 0.6) is 0 Å². The second-order valence-electron chi connectivity index (χ2n) is 2.16. The highest BCUT2D eigenvalue weighted by molar-refractivity contribution is 7.84. The van der Waals surface area contributed by atoms with Crippen LogP contribution in [0.1, 0.15) is 5.56 Å². The van der Waals surface area contributed by atoms with Gasteiger partial charge in [-0.15, -0.1) is 0 Å². The Morgan fingerprint density at radius 2 is 2.36 bits per heavy atom. The molecule has 56 valence electrons. The summed E-state index contributed by atoms with van der Waals surface area (Å²) in [5, 5.41) is 0.599. The molecule has 1 aromatic rings. The van der Waals surface area contributed by atoms with E-state index in [9.17, 15) is 4.21 Å². The average Bonchev–Trinajstić information content (AvgIpc) is 2.05. The van der Waals surface area contributed by atoms with E-state index in [1.807, 2.05) is 6.07 Å². The zero-order valence-electron chi connectivity index (χ0n) is 6.28. The van der Waals surface area contributed by atoms with Crippen LogP contribution in [0.25, 0.3) is 0 Å². The zero-order chi connectivity index (χ0) is 8.27. The predicted octanol–water partition coefficient (Wildman–Crippen LogP) is 0.487. The Hall–Kier alpha value is -0.635. The van der Waals surface area contributed by atoms with Crippen molar-refractivity contribution in [1.29, 1.82) is 0 Å². The molecule has 0 saturated heterocycles. The van der Waals surface area contributed by atoms with Gasteiger partial charge in [0.05, 0.1) is 18.6 Å². The van der Waals surface area contributed by atoms with Crippen LogP contribution in [0.15, 0.2) is 23.4 Å². The molecule has 1 heterocycles. The Bertz CT molecular complexity index is 260. The van der Waals surface area contributed by atoms with Gasteiger partial charge in [0.2, 0.25) is 0 Å². The van der Waals surface area contributed by atoms with Gasteiger partial charge < -0.3 is 0 Å². The summed E-state index contributed by atoms with van der Waals surface area (Å²) in [5.74, 6) is 0. The Balaban J connectivity index is 2.91. The first-order chi connectivity index (χ1) is 5.24. The summed E-state index contributed by atoms with van der Waals surface area (Å²) in [7, 11) is 4.37. The zero-order valence-corrected chi connectivity index (χ0v) is 7.10. The molecule has 0 spiro atoms. The number of hydrogen-bond acceptors (Lipinski definition) is 2. The molecule has 0 bridgehead atoms. The van der Waals surface area contributed by atoms with Crippen LogP contribution in [-0.4, -0.2) is 23.3 Å². The standard InChI is InChI=1S/C7H8BNOS/c1-11(10)7-3-2-6(4-8)5-9-7/h2-3,5H,4H2,1H3. The molecule has 2 radical (unpaired) electrons. The minimum Gasteiger partial charge on any atom is -0.253 e. The summed E-state index contributed by atoms with van der Waals surface area (Å²) in [5.41, 5.74) is 0.958. The molecule has 0 saturated carbocycles. The SMILES string of the molecule is [B]Cc1ccc(S(C)=O)nc1. The third-order valence-corrected chi connectivity index (χ3v) is 2.16. The van der Waals surface area contributed by atoms with Crippen molar-refractivity contribution in [2.24, 2.45) is 0 Å². The topological polar surface area (TPSA) is 30.0 Å². The molecule has 0 N–H and O–H groups in total. The lowest BCUT2D eigenvalue weighted by molar-refractivity contribution is 0.684. The first kappa shape index (κ1) is 8.46. The Morgan fingerprint density at radius 1 is 1.64 bits per heavy atom. The van der Waals surface area contributed by atoms with Gasteiger partial charge in [0.15, 0.2) is 0 Å². The second kappa shape index (κ2) is 3.67. The molecule has 4 heteroatoms. The molecule has 1 unspecified atom stereocenters. The number of nitrogens with zero attached hydrogens (tertiary/aromatic N) is 1. The van der Waals surface area contributed by atoms with Crippen molar-refractivity contribution >= 4 is 18.6 Å². The van der Waals surface area contributed by atoms with Crippen LogP contribution >= 0.6 is 0 Å². The second-order valence-corrected chi connectivity index (χ2v) is 3.49. The van der Waals surface area contributed by atoms with Crippen molar-refractivity contribution in [3.8, 4) is 0 Å². The van der Waals surface area contributed by atoms with Gasteiger partial charge in [0.1, 0.15) is 5.03 Å². The molecule has 0 fully saturated rings. The van der Waals surface area contributed by atoms with Gasteiger partial charge >= 0.3 is 0 Å². The molecule has 0 aliphatic rings. The fraction of sp³-hybridized carbons (Fsp3) is 0.286. The van der Waals surface area contributed by atoms with Crippen molar-refractivity contribution in [3.63, 3.8) is 0 Å². The molecule has 11 heavy (non-hydrogen) atoms. The highest BCUT2D eigenvalue weighted by Gasteiger charge is 1.96. The molecule has 0 amide bonds. The third kappa shape index (κ3) is 2.15. The summed E-state index contributed by atoms with van der Waals surface area (Å²) >= 11 is 0. The monoisotopic (exact) mass is 165 g/mol. The predicted molar refractivity (Wildman–Crippen MR) is 46.0 cm³/mol. The minimum absolute atomic E-state index is 0.476. The maximum absolute atomic E-state index is 10.9. The van der Waals surface area contributed by atoms with Crippen LogP contribution in [0, 0.1) is 0 Å². The van der Waals surface area contributed by atoms with Crippen molar-refractivity contribution in [2.45, 2.75) is 11.3 Å². The summed E-state index contributed by atoms with van der Waals surface area (Å²) in [6, 6.07) is 3.57. The lowest BCUT2D eigenvalue weighted by atomic mass is 9.99. The molecular formula is C7H8BNOS. The maximum atomic E-state index is 10.9. The number of rotatable bonds is 2. The Labute approximate surface area is 69.9 Å². The van der Waals surface area contributed by atoms with Gasteiger partial charge in [-0.05, 0) is 11.6 Å². The molecule has 0 aliphatic carbocycles. The lowest BCUT2D eigenvalue weighted by Gasteiger charge is -1.96. The summed E-state index contributed by atoms with van der Waals surface area (Å²) in [6.07, 6.45) is 3.73. The fourth-order valence-electron chi connectivity index (χ4n) is 0.702. The summed E-state index contributed by atoms with van der Waals surface area (Å²) in [6.45, 7) is 0.